The lowest BCUT2D eigenvalue weighted by molar-refractivity contribution is -0.143. The minimum Gasteiger partial charge on any atom is -0.483 e. The number of hydrogen-bond donors (Lipinski definition) is 2. The van der Waals surface area contributed by atoms with Crippen molar-refractivity contribution < 1.29 is 24.5 Å². The number of unbranched alkanes of at least 4 members (excludes halogenated alkanes) is 1. The van der Waals surface area contributed by atoms with Crippen molar-refractivity contribution in [3.63, 3.8) is 0 Å². The van der Waals surface area contributed by atoms with Gasteiger partial charge in [-0.3, -0.25) is 19.5 Å². The molecule has 184 valence electrons. The lowest BCUT2D eigenvalue weighted by atomic mass is 9.87. The monoisotopic (exact) mass is 468 g/mol. The molecule has 7 heteroatoms. The molecule has 4 rings (SSSR count). The molecule has 2 aromatic rings. The summed E-state index contributed by atoms with van der Waals surface area (Å²) in [5.41, 5.74) is 4.79. The van der Waals surface area contributed by atoms with E-state index in [2.05, 4.69) is 19.1 Å². The molecular formula is C27H36N2O5. The van der Waals surface area contributed by atoms with Crippen LogP contribution in [0.2, 0.25) is 0 Å². The molecule has 1 aliphatic carbocycles. The number of benzene rings is 1. The van der Waals surface area contributed by atoms with Gasteiger partial charge in [0, 0.05) is 31.1 Å². The number of ether oxygens (including phenoxy) is 1. The first-order valence-corrected chi connectivity index (χ1v) is 12.2. The maximum absolute atomic E-state index is 11.8. The van der Waals surface area contributed by atoms with E-state index < -0.39 is 12.0 Å². The average molecular weight is 469 g/mol. The molecular weight excluding hydrogens is 432 g/mol. The number of aromatic nitrogens is 1. The second-order valence-corrected chi connectivity index (χ2v) is 9.12. The highest BCUT2D eigenvalue weighted by Crippen LogP contribution is 2.30. The Labute approximate surface area is 201 Å². The smallest absolute Gasteiger partial charge is 0.325 e. The fraction of sp³-hybridized carbons (Fsp3) is 0.519. The Morgan fingerprint density at radius 2 is 1.97 bits per heavy atom. The fourth-order valence-corrected chi connectivity index (χ4v) is 5.00. The van der Waals surface area contributed by atoms with Crippen molar-refractivity contribution in [3.05, 3.63) is 65.0 Å². The topological polar surface area (TPSA) is 100.0 Å². The summed E-state index contributed by atoms with van der Waals surface area (Å²) in [6.45, 7) is 4.22. The summed E-state index contributed by atoms with van der Waals surface area (Å²) >= 11 is 0. The number of carboxylic acid groups (broad SMARTS) is 2. The Balaban J connectivity index is 0.00000103. The van der Waals surface area contributed by atoms with E-state index >= 15 is 0 Å². The van der Waals surface area contributed by atoms with Crippen molar-refractivity contribution in [2.45, 2.75) is 69.9 Å². The van der Waals surface area contributed by atoms with Gasteiger partial charge in [0.15, 0.2) is 0 Å². The molecule has 0 radical (unpaired) electrons. The number of rotatable bonds is 9. The summed E-state index contributed by atoms with van der Waals surface area (Å²) in [7, 11) is 0. The zero-order valence-electron chi connectivity index (χ0n) is 19.9. The number of nitrogens with zero attached hydrogens (tertiary/aromatic N) is 2. The highest BCUT2D eigenvalue weighted by molar-refractivity contribution is 5.75. The number of likely N-dealkylation sites (tertiary alicyclic amines) is 1. The molecule has 2 N–H and O–H groups in total. The maximum Gasteiger partial charge on any atom is 0.325 e. The van der Waals surface area contributed by atoms with Crippen LogP contribution < -0.4 is 0 Å². The van der Waals surface area contributed by atoms with Crippen molar-refractivity contribution in [1.82, 2.24) is 9.88 Å². The van der Waals surface area contributed by atoms with E-state index in [-0.39, 0.29) is 12.6 Å². The standard InChI is InChI=1S/C26H34N2O3.CH2O2/c1-19-8-7-12-24-23(19)14-13-21(27-24)11-5-6-17-31-22-15-16-28(18-22)25(26(29)30)20-9-3-2-4-10-20;2-1-3/h2-4,9-10,13-14,19,22,25H,5-8,11-12,15-18H2,1H3,(H,29,30);1H,(H,2,3)/t19?,22-,25?;/m1./s1. The Kier molecular flexibility index (Phi) is 10.0. The van der Waals surface area contributed by atoms with Gasteiger partial charge in [-0.1, -0.05) is 43.3 Å². The van der Waals surface area contributed by atoms with E-state index in [1.165, 1.54) is 29.8 Å². The van der Waals surface area contributed by atoms with Gasteiger partial charge in [-0.2, -0.15) is 0 Å². The Morgan fingerprint density at radius 3 is 2.71 bits per heavy atom. The van der Waals surface area contributed by atoms with E-state index in [0.717, 1.165) is 50.8 Å². The molecule has 1 aromatic heterocycles. The van der Waals surface area contributed by atoms with Crippen LogP contribution in [0.3, 0.4) is 0 Å². The molecule has 1 aromatic carbocycles. The van der Waals surface area contributed by atoms with E-state index in [9.17, 15) is 9.90 Å². The Bertz CT molecular complexity index is 920. The largest absolute Gasteiger partial charge is 0.483 e. The van der Waals surface area contributed by atoms with Crippen LogP contribution in [0.4, 0.5) is 0 Å². The second-order valence-electron chi connectivity index (χ2n) is 9.12. The number of aliphatic carboxylic acids is 1. The second kappa shape index (κ2) is 13.2. The molecule has 0 spiro atoms. The third-order valence-electron chi connectivity index (χ3n) is 6.72. The number of fused-ring (bicyclic) bond motifs is 1. The zero-order valence-corrected chi connectivity index (χ0v) is 19.9. The minimum atomic E-state index is -0.793. The molecule has 0 amide bonds. The van der Waals surface area contributed by atoms with Gasteiger partial charge >= 0.3 is 5.97 Å². The predicted octanol–water partition coefficient (Wildman–Crippen LogP) is 4.46. The lowest BCUT2D eigenvalue weighted by Gasteiger charge is -2.24. The molecule has 2 heterocycles. The lowest BCUT2D eigenvalue weighted by Crippen LogP contribution is -2.33. The molecule has 3 atom stereocenters. The summed E-state index contributed by atoms with van der Waals surface area (Å²) in [6.07, 6.45) is 7.74. The molecule has 2 unspecified atom stereocenters. The first-order chi connectivity index (χ1) is 16.5. The van der Waals surface area contributed by atoms with Gasteiger partial charge in [0.2, 0.25) is 0 Å². The average Bonchev–Trinajstić information content (AvgIpc) is 3.28. The molecule has 1 aliphatic heterocycles. The van der Waals surface area contributed by atoms with Gasteiger partial charge in [-0.05, 0) is 68.1 Å². The van der Waals surface area contributed by atoms with Crippen LogP contribution in [0, 0.1) is 0 Å². The summed E-state index contributed by atoms with van der Waals surface area (Å²) in [6, 6.07) is 13.4. The number of hydrogen-bond acceptors (Lipinski definition) is 5. The Morgan fingerprint density at radius 1 is 1.21 bits per heavy atom. The predicted molar refractivity (Wildman–Crippen MR) is 130 cm³/mol. The van der Waals surface area contributed by atoms with Crippen LogP contribution in [-0.2, 0) is 27.2 Å². The van der Waals surface area contributed by atoms with E-state index in [0.29, 0.717) is 12.5 Å². The maximum atomic E-state index is 11.8. The first-order valence-electron chi connectivity index (χ1n) is 12.2. The number of carbonyl (C=O) groups is 2. The van der Waals surface area contributed by atoms with Crippen LogP contribution in [0.1, 0.15) is 73.5 Å². The van der Waals surface area contributed by atoms with Crippen molar-refractivity contribution in [2.24, 2.45) is 0 Å². The highest BCUT2D eigenvalue weighted by Gasteiger charge is 2.33. The van der Waals surface area contributed by atoms with Gasteiger partial charge in [-0.15, -0.1) is 0 Å². The summed E-state index contributed by atoms with van der Waals surface area (Å²) in [4.78, 5) is 27.1. The third kappa shape index (κ3) is 7.11. The summed E-state index contributed by atoms with van der Waals surface area (Å²) in [5.74, 6) is -0.147. The summed E-state index contributed by atoms with van der Waals surface area (Å²) < 4.78 is 6.09. The van der Waals surface area contributed by atoms with Gasteiger partial charge < -0.3 is 14.9 Å². The van der Waals surface area contributed by atoms with Crippen molar-refractivity contribution in [2.75, 3.05) is 19.7 Å². The van der Waals surface area contributed by atoms with Gasteiger partial charge in [0.1, 0.15) is 6.04 Å². The SMILES string of the molecule is CC1CCCc2nc(CCCCO[C@@H]3CCN(C(C(=O)O)c4ccccc4)C3)ccc21.O=CO. The van der Waals surface area contributed by atoms with E-state index in [1.807, 2.05) is 35.2 Å². The van der Waals surface area contributed by atoms with Crippen molar-refractivity contribution in [1.29, 1.82) is 0 Å². The normalized spacial score (nSPS) is 20.6. The quantitative estimate of drug-likeness (QED) is 0.414. The first kappa shape index (κ1) is 25.8. The van der Waals surface area contributed by atoms with Crippen LogP contribution in [0.25, 0.3) is 0 Å². The number of pyridine rings is 1. The van der Waals surface area contributed by atoms with Crippen LogP contribution in [0.5, 0.6) is 0 Å². The van der Waals surface area contributed by atoms with Gasteiger partial charge in [0.25, 0.3) is 6.47 Å². The van der Waals surface area contributed by atoms with E-state index in [4.69, 9.17) is 19.6 Å². The Hall–Kier alpha value is -2.77. The third-order valence-corrected chi connectivity index (χ3v) is 6.72. The highest BCUT2D eigenvalue weighted by atomic mass is 16.5. The van der Waals surface area contributed by atoms with Crippen molar-refractivity contribution >= 4 is 12.4 Å². The van der Waals surface area contributed by atoms with E-state index in [1.54, 1.807) is 0 Å². The zero-order chi connectivity index (χ0) is 24.3. The molecule has 2 aliphatic rings. The van der Waals surface area contributed by atoms with Crippen molar-refractivity contribution in [3.8, 4) is 0 Å². The van der Waals surface area contributed by atoms with Gasteiger partial charge in [0.05, 0.1) is 6.10 Å². The molecule has 7 nitrogen and oxygen atoms in total. The molecule has 1 saturated heterocycles. The molecule has 1 fully saturated rings. The number of aryl methyl sites for hydroxylation is 2. The summed E-state index contributed by atoms with van der Waals surface area (Å²) in [5, 5.41) is 16.6. The molecule has 0 saturated carbocycles. The van der Waals surface area contributed by atoms with Gasteiger partial charge in [-0.25, -0.2) is 0 Å². The molecule has 34 heavy (non-hydrogen) atoms. The van der Waals surface area contributed by atoms with Crippen LogP contribution in [-0.4, -0.2) is 58.3 Å². The minimum absolute atomic E-state index is 0.119. The molecule has 0 bridgehead atoms. The van der Waals surface area contributed by atoms with Crippen LogP contribution >= 0.6 is 0 Å². The number of carboxylic acids is 1. The fourth-order valence-electron chi connectivity index (χ4n) is 5.00. The van der Waals surface area contributed by atoms with Crippen LogP contribution in [0.15, 0.2) is 42.5 Å².